The predicted octanol–water partition coefficient (Wildman–Crippen LogP) is 6.79. The molecule has 0 bridgehead atoms. The molecule has 44 heavy (non-hydrogen) atoms. The quantitative estimate of drug-likeness (QED) is 0.205. The number of anilines is 2. The van der Waals surface area contributed by atoms with Crippen LogP contribution in [-0.2, 0) is 14.4 Å². The maximum atomic E-state index is 14.4. The molecule has 0 heterocycles. The molecule has 2 amide bonds. The van der Waals surface area contributed by atoms with Gasteiger partial charge in [0, 0.05) is 29.3 Å². The zero-order valence-electron chi connectivity index (χ0n) is 26.2. The molecule has 4 unspecified atom stereocenters. The first-order valence-electron chi connectivity index (χ1n) is 15.1. The van der Waals surface area contributed by atoms with E-state index in [-0.39, 0.29) is 6.42 Å². The van der Waals surface area contributed by atoms with E-state index in [1.54, 1.807) is 0 Å². The number of nitrogens with one attached hydrogen (secondary N) is 2. The molecular formula is C37H40N2O5. The molecule has 0 aromatic heterocycles. The summed E-state index contributed by atoms with van der Waals surface area (Å²) in [5.74, 6) is -4.43. The second-order valence-corrected chi connectivity index (χ2v) is 12.2. The summed E-state index contributed by atoms with van der Waals surface area (Å²) < 4.78 is 6.10. The zero-order chi connectivity index (χ0) is 31.8. The van der Waals surface area contributed by atoms with Gasteiger partial charge in [-0.25, -0.2) is 0 Å². The van der Waals surface area contributed by atoms with Crippen LogP contribution in [0.5, 0.6) is 5.75 Å². The largest absolute Gasteiger partial charge is 0.494 e. The minimum atomic E-state index is -1.75. The van der Waals surface area contributed by atoms with Gasteiger partial charge < -0.3 is 20.5 Å². The van der Waals surface area contributed by atoms with Crippen LogP contribution in [0.3, 0.4) is 0 Å². The Morgan fingerprint density at radius 3 is 2.05 bits per heavy atom. The number of rotatable bonds is 7. The summed E-state index contributed by atoms with van der Waals surface area (Å²) in [6.45, 7) is 11.4. The molecule has 1 fully saturated rings. The third-order valence-electron chi connectivity index (χ3n) is 8.68. The molecule has 3 N–H and O–H groups in total. The predicted molar refractivity (Wildman–Crippen MR) is 174 cm³/mol. The third kappa shape index (κ3) is 5.97. The minimum Gasteiger partial charge on any atom is -0.494 e. The molecule has 0 aliphatic heterocycles. The van der Waals surface area contributed by atoms with Gasteiger partial charge in [-0.2, -0.15) is 0 Å². The van der Waals surface area contributed by atoms with Gasteiger partial charge in [0.1, 0.15) is 17.5 Å². The molecule has 4 atom stereocenters. The van der Waals surface area contributed by atoms with Crippen molar-refractivity contribution in [2.24, 2.45) is 11.8 Å². The molecule has 7 nitrogen and oxygen atoms in total. The molecular weight excluding hydrogens is 552 g/mol. The first-order chi connectivity index (χ1) is 20.9. The van der Waals surface area contributed by atoms with Crippen molar-refractivity contribution in [3.63, 3.8) is 0 Å². The molecule has 1 aliphatic rings. The van der Waals surface area contributed by atoms with Gasteiger partial charge in [-0.1, -0.05) is 65.7 Å². The van der Waals surface area contributed by atoms with Crippen molar-refractivity contribution in [1.82, 2.24) is 0 Å². The first kappa shape index (κ1) is 31.0. The Balaban J connectivity index is 1.71. The van der Waals surface area contributed by atoms with E-state index in [1.807, 2.05) is 107 Å². The highest BCUT2D eigenvalue weighted by Gasteiger charge is 2.57. The zero-order valence-corrected chi connectivity index (χ0v) is 26.2. The van der Waals surface area contributed by atoms with E-state index in [4.69, 9.17) is 4.74 Å². The Hall–Kier alpha value is -4.49. The number of ketones is 1. The summed E-state index contributed by atoms with van der Waals surface area (Å²) >= 11 is 0. The lowest BCUT2D eigenvalue weighted by molar-refractivity contribution is -0.150. The van der Waals surface area contributed by atoms with E-state index in [0.29, 0.717) is 29.3 Å². The fraction of sp³-hybridized carbons (Fsp3) is 0.324. The summed E-state index contributed by atoms with van der Waals surface area (Å²) in [5, 5.41) is 19.5. The third-order valence-corrected chi connectivity index (χ3v) is 8.68. The van der Waals surface area contributed by atoms with Crippen LogP contribution in [0.4, 0.5) is 11.4 Å². The molecule has 4 aromatic carbocycles. The van der Waals surface area contributed by atoms with Crippen LogP contribution in [-0.4, -0.2) is 34.9 Å². The Kier molecular flexibility index (Phi) is 8.62. The number of benzene rings is 4. The van der Waals surface area contributed by atoms with Gasteiger partial charge in [-0.15, -0.1) is 0 Å². The average molecular weight is 593 g/mol. The molecule has 228 valence electrons. The van der Waals surface area contributed by atoms with Gasteiger partial charge in [-0.05, 0) is 81.6 Å². The Morgan fingerprint density at radius 2 is 1.45 bits per heavy atom. The second kappa shape index (κ2) is 12.2. The fourth-order valence-electron chi connectivity index (χ4n) is 6.67. The SMILES string of the molecule is CCOc1ccc2ccccc2c1C1C(C(=O)Nc2ccc(C)cc2C)C(=O)CC(C)(O)C1C(=O)Nc1ccc(C)cc1C. The maximum absolute atomic E-state index is 14.4. The van der Waals surface area contributed by atoms with Crippen LogP contribution < -0.4 is 15.4 Å². The number of fused-ring (bicyclic) bond motifs is 1. The topological polar surface area (TPSA) is 105 Å². The summed E-state index contributed by atoms with van der Waals surface area (Å²) in [6.07, 6.45) is -0.353. The van der Waals surface area contributed by atoms with Gasteiger partial charge in [0.15, 0.2) is 0 Å². The number of carbonyl (C=O) groups is 3. The number of aliphatic hydroxyl groups is 1. The highest BCUT2D eigenvalue weighted by atomic mass is 16.5. The number of ether oxygens (including phenoxy) is 1. The Morgan fingerprint density at radius 1 is 0.864 bits per heavy atom. The van der Waals surface area contributed by atoms with Crippen LogP contribution in [0.15, 0.2) is 72.8 Å². The van der Waals surface area contributed by atoms with Crippen molar-refractivity contribution in [2.75, 3.05) is 17.2 Å². The van der Waals surface area contributed by atoms with Crippen LogP contribution in [0.25, 0.3) is 10.8 Å². The molecule has 1 saturated carbocycles. The van der Waals surface area contributed by atoms with Crippen LogP contribution in [0.2, 0.25) is 0 Å². The molecule has 0 saturated heterocycles. The molecule has 7 heteroatoms. The van der Waals surface area contributed by atoms with Gasteiger partial charge in [0.05, 0.1) is 18.1 Å². The Labute approximate surface area is 258 Å². The summed E-state index contributed by atoms with van der Waals surface area (Å²) in [7, 11) is 0. The van der Waals surface area contributed by atoms with Crippen molar-refractivity contribution in [3.8, 4) is 5.75 Å². The van der Waals surface area contributed by atoms with Crippen molar-refractivity contribution in [2.45, 2.75) is 59.5 Å². The number of hydrogen-bond acceptors (Lipinski definition) is 5. The molecule has 0 spiro atoms. The second-order valence-electron chi connectivity index (χ2n) is 12.2. The maximum Gasteiger partial charge on any atom is 0.235 e. The number of Topliss-reactive ketones (excluding diaryl/α,β-unsaturated/α-hetero) is 1. The highest BCUT2D eigenvalue weighted by molar-refractivity contribution is 6.11. The average Bonchev–Trinajstić information content (AvgIpc) is 2.95. The number of aryl methyl sites for hydroxylation is 4. The lowest BCUT2D eigenvalue weighted by atomic mass is 9.60. The molecule has 4 aromatic rings. The van der Waals surface area contributed by atoms with Crippen LogP contribution >= 0.6 is 0 Å². The number of hydrogen-bond donors (Lipinski definition) is 3. The van der Waals surface area contributed by atoms with E-state index < -0.39 is 41.0 Å². The van der Waals surface area contributed by atoms with Crippen LogP contribution in [0.1, 0.15) is 54.0 Å². The van der Waals surface area contributed by atoms with Crippen LogP contribution in [0, 0.1) is 39.5 Å². The van der Waals surface area contributed by atoms with Gasteiger partial charge in [0.25, 0.3) is 0 Å². The molecule has 1 aliphatic carbocycles. The normalized spacial score (nSPS) is 21.6. The monoisotopic (exact) mass is 592 g/mol. The first-order valence-corrected chi connectivity index (χ1v) is 15.1. The summed E-state index contributed by atoms with van der Waals surface area (Å²) in [6, 6.07) is 22.7. The van der Waals surface area contributed by atoms with Gasteiger partial charge >= 0.3 is 0 Å². The van der Waals surface area contributed by atoms with E-state index in [1.165, 1.54) is 6.92 Å². The molecule has 0 radical (unpaired) electrons. The van der Waals surface area contributed by atoms with Gasteiger partial charge in [-0.3, -0.25) is 14.4 Å². The lowest BCUT2D eigenvalue weighted by Crippen LogP contribution is -2.56. The van der Waals surface area contributed by atoms with E-state index in [9.17, 15) is 19.5 Å². The van der Waals surface area contributed by atoms with Crippen molar-refractivity contribution in [1.29, 1.82) is 0 Å². The Bertz CT molecular complexity index is 1760. The standard InChI is InChI=1S/C37H40N2O5/c1-7-44-30-17-14-25-10-8-9-11-26(25)31(30)33-32(35(41)38-27-15-12-21(2)18-23(27)4)29(40)20-37(6,43)34(33)36(42)39-28-16-13-22(3)19-24(28)5/h8-19,32-34,43H,7,20H2,1-6H3,(H,38,41)(H,39,42). The highest BCUT2D eigenvalue weighted by Crippen LogP contribution is 2.51. The molecule has 5 rings (SSSR count). The van der Waals surface area contributed by atoms with Crippen molar-refractivity contribution < 1.29 is 24.2 Å². The van der Waals surface area contributed by atoms with Crippen molar-refractivity contribution in [3.05, 3.63) is 101 Å². The summed E-state index contributed by atoms with van der Waals surface area (Å²) in [5.41, 5.74) is 3.81. The minimum absolute atomic E-state index is 0.335. The van der Waals surface area contributed by atoms with E-state index in [0.717, 1.165) is 33.0 Å². The smallest absolute Gasteiger partial charge is 0.235 e. The van der Waals surface area contributed by atoms with E-state index in [2.05, 4.69) is 10.6 Å². The van der Waals surface area contributed by atoms with Gasteiger partial charge in [0.2, 0.25) is 11.8 Å². The number of carbonyl (C=O) groups excluding carboxylic acids is 3. The lowest BCUT2D eigenvalue weighted by Gasteiger charge is -2.45. The fourth-order valence-corrected chi connectivity index (χ4v) is 6.67. The van der Waals surface area contributed by atoms with Crippen molar-refractivity contribution >= 4 is 39.7 Å². The summed E-state index contributed by atoms with van der Waals surface area (Å²) in [4.78, 5) is 42.6. The number of amides is 2. The van der Waals surface area contributed by atoms with E-state index >= 15 is 0 Å².